The van der Waals surface area contributed by atoms with Gasteiger partial charge in [0.2, 0.25) is 0 Å². The second kappa shape index (κ2) is 4.15. The van der Waals surface area contributed by atoms with Gasteiger partial charge in [-0.15, -0.1) is 0 Å². The van der Waals surface area contributed by atoms with Gasteiger partial charge in [-0.1, -0.05) is 0 Å². The van der Waals surface area contributed by atoms with Crippen molar-refractivity contribution in [2.75, 3.05) is 13.3 Å². The van der Waals surface area contributed by atoms with E-state index in [1.54, 1.807) is 0 Å². The van der Waals surface area contributed by atoms with Crippen molar-refractivity contribution in [1.29, 1.82) is 0 Å². The summed E-state index contributed by atoms with van der Waals surface area (Å²) in [6.07, 6.45) is 0. The first-order valence-corrected chi connectivity index (χ1v) is 10.2. The fraction of sp³-hybridized carbons (Fsp3) is 1.00. The van der Waals surface area contributed by atoms with Crippen LogP contribution >= 0.6 is 6.49 Å². The molecule has 11 heavy (non-hydrogen) atoms. The molecular weight excluding hydrogens is 195 g/mol. The fourth-order valence-corrected chi connectivity index (χ4v) is 7.75. The van der Waals surface area contributed by atoms with Gasteiger partial charge in [-0.05, 0) is 38.4 Å². The summed E-state index contributed by atoms with van der Waals surface area (Å²) in [7, 11) is -1.51. The monoisotopic (exact) mass is 212 g/mol. The minimum Gasteiger partial charge on any atom is -0.371 e. The van der Waals surface area contributed by atoms with Gasteiger partial charge in [0.05, 0.1) is 6.61 Å². The van der Waals surface area contributed by atoms with Crippen LogP contribution in [0.1, 0.15) is 6.92 Å². The van der Waals surface area contributed by atoms with Crippen LogP contribution in [0.2, 0.25) is 19.6 Å². The lowest BCUT2D eigenvalue weighted by atomic mass is 10.9. The van der Waals surface area contributed by atoms with Gasteiger partial charge in [0.25, 0.3) is 0 Å². The first kappa shape index (κ1) is 11.8. The molecule has 0 saturated heterocycles. The van der Waals surface area contributed by atoms with E-state index in [0.717, 1.165) is 0 Å². The molecule has 0 amide bonds. The molecule has 1 unspecified atom stereocenters. The van der Waals surface area contributed by atoms with E-state index >= 15 is 0 Å². The van der Waals surface area contributed by atoms with Crippen molar-refractivity contribution in [3.63, 3.8) is 0 Å². The van der Waals surface area contributed by atoms with Crippen molar-refractivity contribution in [3.05, 3.63) is 0 Å². The van der Waals surface area contributed by atoms with Gasteiger partial charge in [0, 0.05) is 6.66 Å². The molecule has 0 aliphatic carbocycles. The highest BCUT2D eigenvalue weighted by molar-refractivity contribution is 8.10. The summed E-state index contributed by atoms with van der Waals surface area (Å²) in [5.74, 6) is 0. The molecular formula is C6H17O2PSSi. The molecule has 0 aromatic heterocycles. The van der Waals surface area contributed by atoms with Gasteiger partial charge >= 0.3 is 0 Å². The summed E-state index contributed by atoms with van der Waals surface area (Å²) in [5.41, 5.74) is 0. The third kappa shape index (κ3) is 7.16. The lowest BCUT2D eigenvalue weighted by Gasteiger charge is -2.25. The van der Waals surface area contributed by atoms with Gasteiger partial charge < -0.3 is 8.74 Å². The summed E-state index contributed by atoms with van der Waals surface area (Å²) in [6.45, 7) is 8.93. The second-order valence-electron chi connectivity index (χ2n) is 3.39. The molecule has 0 aliphatic rings. The fourth-order valence-electron chi connectivity index (χ4n) is 0.758. The van der Waals surface area contributed by atoms with Crippen molar-refractivity contribution < 1.29 is 8.74 Å². The van der Waals surface area contributed by atoms with Crippen LogP contribution in [0.15, 0.2) is 0 Å². The summed E-state index contributed by atoms with van der Waals surface area (Å²) in [6, 6.07) is 0. The van der Waals surface area contributed by atoms with Crippen LogP contribution in [0.25, 0.3) is 0 Å². The highest BCUT2D eigenvalue weighted by Gasteiger charge is 2.22. The molecule has 0 spiro atoms. The van der Waals surface area contributed by atoms with Crippen LogP contribution in [-0.2, 0) is 20.5 Å². The second-order valence-corrected chi connectivity index (χ2v) is 12.1. The molecule has 68 valence electrons. The number of hydrogen-bond donors (Lipinski definition) is 0. The smallest absolute Gasteiger partial charge is 0.192 e. The minimum atomic E-state index is -1.92. The van der Waals surface area contributed by atoms with Gasteiger partial charge in [0.1, 0.15) is 0 Å². The van der Waals surface area contributed by atoms with Crippen molar-refractivity contribution in [3.8, 4) is 0 Å². The highest BCUT2D eigenvalue weighted by Crippen LogP contribution is 2.46. The summed E-state index contributed by atoms with van der Waals surface area (Å²) >= 11 is 5.19. The van der Waals surface area contributed by atoms with Crippen molar-refractivity contribution in [2.45, 2.75) is 26.6 Å². The molecule has 5 heteroatoms. The number of rotatable bonds is 4. The topological polar surface area (TPSA) is 18.5 Å². The standard InChI is InChI=1S/C6H17O2PSSi/c1-6-7-9(2,10)8-11(3,4)5/h6H2,1-5H3. The predicted octanol–water partition coefficient (Wildman–Crippen LogP) is 2.81. The summed E-state index contributed by atoms with van der Waals surface area (Å²) in [5, 5.41) is 0. The SMILES string of the molecule is CCOP(C)(=S)O[Si](C)(C)C. The molecule has 0 N–H and O–H groups in total. The molecule has 0 rings (SSSR count). The molecule has 0 heterocycles. The Morgan fingerprint density at radius 1 is 1.36 bits per heavy atom. The third-order valence-electron chi connectivity index (χ3n) is 0.803. The van der Waals surface area contributed by atoms with E-state index < -0.39 is 14.8 Å². The zero-order chi connectivity index (χ0) is 9.12. The lowest BCUT2D eigenvalue weighted by molar-refractivity contribution is 0.334. The average molecular weight is 212 g/mol. The molecule has 2 nitrogen and oxygen atoms in total. The maximum Gasteiger partial charge on any atom is 0.192 e. The summed E-state index contributed by atoms with van der Waals surface area (Å²) in [4.78, 5) is 0. The molecule has 1 atom stereocenters. The molecule has 0 aliphatic heterocycles. The Hall–Kier alpha value is 0.787. The average Bonchev–Trinajstić information content (AvgIpc) is 1.55. The van der Waals surface area contributed by atoms with E-state index in [0.29, 0.717) is 6.61 Å². The Bertz CT molecular complexity index is 166. The first-order valence-electron chi connectivity index (χ1n) is 3.69. The van der Waals surface area contributed by atoms with Crippen molar-refractivity contribution in [1.82, 2.24) is 0 Å². The van der Waals surface area contributed by atoms with Crippen LogP contribution in [0, 0.1) is 0 Å². The maximum atomic E-state index is 5.71. The van der Waals surface area contributed by atoms with E-state index in [2.05, 4.69) is 19.6 Å². The zero-order valence-electron chi connectivity index (χ0n) is 7.88. The van der Waals surface area contributed by atoms with E-state index in [1.807, 2.05) is 13.6 Å². The van der Waals surface area contributed by atoms with Gasteiger partial charge in [-0.25, -0.2) is 0 Å². The Balaban J connectivity index is 4.03. The van der Waals surface area contributed by atoms with E-state index in [-0.39, 0.29) is 0 Å². The first-order chi connectivity index (χ1) is 4.77. The molecule has 0 fully saturated rings. The largest absolute Gasteiger partial charge is 0.371 e. The van der Waals surface area contributed by atoms with Crippen molar-refractivity contribution in [2.24, 2.45) is 0 Å². The lowest BCUT2D eigenvalue weighted by Crippen LogP contribution is -2.23. The van der Waals surface area contributed by atoms with E-state index in [9.17, 15) is 0 Å². The Labute approximate surface area is 75.6 Å². The van der Waals surface area contributed by atoms with E-state index in [1.165, 1.54) is 0 Å². The zero-order valence-corrected chi connectivity index (χ0v) is 10.6. The molecule has 0 saturated carbocycles. The maximum absolute atomic E-state index is 5.71. The molecule has 0 radical (unpaired) electrons. The summed E-state index contributed by atoms with van der Waals surface area (Å²) < 4.78 is 11.1. The molecule has 0 aromatic rings. The molecule has 0 aromatic carbocycles. The van der Waals surface area contributed by atoms with Crippen LogP contribution in [0.3, 0.4) is 0 Å². The Morgan fingerprint density at radius 2 is 1.82 bits per heavy atom. The van der Waals surface area contributed by atoms with Gasteiger partial charge in [-0.3, -0.25) is 0 Å². The van der Waals surface area contributed by atoms with Crippen LogP contribution < -0.4 is 0 Å². The quantitative estimate of drug-likeness (QED) is 0.527. The predicted molar refractivity (Wildman–Crippen MR) is 56.3 cm³/mol. The highest BCUT2D eigenvalue weighted by atomic mass is 32.5. The van der Waals surface area contributed by atoms with Crippen LogP contribution in [0.5, 0.6) is 0 Å². The van der Waals surface area contributed by atoms with Crippen LogP contribution in [-0.4, -0.2) is 21.6 Å². The van der Waals surface area contributed by atoms with E-state index in [4.69, 9.17) is 20.5 Å². The van der Waals surface area contributed by atoms with Crippen LogP contribution in [0.4, 0.5) is 0 Å². The molecule has 0 bridgehead atoms. The van der Waals surface area contributed by atoms with Gasteiger partial charge in [-0.2, -0.15) is 0 Å². The number of hydrogen-bond acceptors (Lipinski definition) is 3. The third-order valence-corrected chi connectivity index (χ3v) is 6.04. The van der Waals surface area contributed by atoms with Crippen molar-refractivity contribution >= 4 is 26.6 Å². The van der Waals surface area contributed by atoms with Gasteiger partial charge in [0.15, 0.2) is 14.8 Å². The Morgan fingerprint density at radius 3 is 2.09 bits per heavy atom. The normalized spacial score (nSPS) is 17.9. The minimum absolute atomic E-state index is 0.651. The Kier molecular flexibility index (Phi) is 4.44.